The van der Waals surface area contributed by atoms with Crippen LogP contribution >= 0.6 is 11.3 Å². The maximum atomic E-state index is 12.9. The second-order valence-corrected chi connectivity index (χ2v) is 10.4. The maximum Gasteiger partial charge on any atom is 0.416 e. The molecule has 12 heteroatoms. The van der Waals surface area contributed by atoms with E-state index in [2.05, 4.69) is 9.71 Å². The van der Waals surface area contributed by atoms with Crippen molar-refractivity contribution in [1.82, 2.24) is 4.98 Å². The van der Waals surface area contributed by atoms with Crippen molar-refractivity contribution in [3.8, 4) is 27.4 Å². The van der Waals surface area contributed by atoms with E-state index in [4.69, 9.17) is 9.84 Å². The largest absolute Gasteiger partial charge is 0.495 e. The molecule has 0 aliphatic heterocycles. The Kier molecular flexibility index (Phi) is 6.74. The summed E-state index contributed by atoms with van der Waals surface area (Å²) in [6.45, 7) is 0. The van der Waals surface area contributed by atoms with Gasteiger partial charge in [0.1, 0.15) is 10.8 Å². The molecule has 186 valence electrons. The standard InChI is InChI=1S/C24H17F3N2O5S2/c1-34-20-12-17(23(30)31)8-11-19(20)29-36(32,33)21-13-28-22(35-21)16-4-2-14(3-5-16)15-6-9-18(10-7-15)24(25,26)27/h2-13,29H,1H3,(H,30,31). The van der Waals surface area contributed by atoms with Crippen LogP contribution in [0, 0.1) is 0 Å². The summed E-state index contributed by atoms with van der Waals surface area (Å²) < 4.78 is 71.5. The van der Waals surface area contributed by atoms with E-state index in [0.717, 1.165) is 23.5 Å². The van der Waals surface area contributed by atoms with Gasteiger partial charge in [-0.3, -0.25) is 4.72 Å². The molecule has 7 nitrogen and oxygen atoms in total. The number of hydrogen-bond donors (Lipinski definition) is 2. The van der Waals surface area contributed by atoms with E-state index in [9.17, 15) is 26.4 Å². The Morgan fingerprint density at radius 3 is 2.11 bits per heavy atom. The van der Waals surface area contributed by atoms with E-state index < -0.39 is 27.7 Å². The van der Waals surface area contributed by atoms with Gasteiger partial charge in [-0.15, -0.1) is 11.3 Å². The van der Waals surface area contributed by atoms with E-state index >= 15 is 0 Å². The van der Waals surface area contributed by atoms with Gasteiger partial charge in [0.05, 0.1) is 30.1 Å². The fourth-order valence-corrected chi connectivity index (χ4v) is 5.48. The van der Waals surface area contributed by atoms with Gasteiger partial charge >= 0.3 is 12.1 Å². The number of sulfonamides is 1. The van der Waals surface area contributed by atoms with Gasteiger partial charge in [0.15, 0.2) is 4.21 Å². The van der Waals surface area contributed by atoms with Gasteiger partial charge in [-0.2, -0.15) is 13.2 Å². The van der Waals surface area contributed by atoms with Crippen LogP contribution in [-0.2, 0) is 16.2 Å². The molecule has 2 N–H and O–H groups in total. The second kappa shape index (κ2) is 9.63. The molecule has 1 aromatic heterocycles. The lowest BCUT2D eigenvalue weighted by molar-refractivity contribution is -0.137. The lowest BCUT2D eigenvalue weighted by atomic mass is 10.0. The molecular formula is C24H17F3N2O5S2. The minimum atomic E-state index is -4.41. The van der Waals surface area contributed by atoms with Gasteiger partial charge in [-0.25, -0.2) is 18.2 Å². The first kappa shape index (κ1) is 25.2. The highest BCUT2D eigenvalue weighted by Crippen LogP contribution is 2.34. The number of nitrogens with one attached hydrogen (secondary N) is 1. The second-order valence-electron chi connectivity index (χ2n) is 7.46. The van der Waals surface area contributed by atoms with Crippen LogP contribution in [0.15, 0.2) is 77.1 Å². The van der Waals surface area contributed by atoms with Gasteiger partial charge in [0.2, 0.25) is 0 Å². The highest BCUT2D eigenvalue weighted by Gasteiger charge is 2.30. The van der Waals surface area contributed by atoms with Crippen LogP contribution < -0.4 is 9.46 Å². The SMILES string of the molecule is COc1cc(C(=O)O)ccc1NS(=O)(=O)c1cnc(-c2ccc(-c3ccc(C(F)(F)F)cc3)cc2)s1. The number of carboxylic acid groups (broad SMARTS) is 1. The van der Waals surface area contributed by atoms with Crippen LogP contribution in [0.4, 0.5) is 18.9 Å². The number of nitrogens with zero attached hydrogens (tertiary/aromatic N) is 1. The number of halogens is 3. The zero-order valence-corrected chi connectivity index (χ0v) is 20.0. The third-order valence-corrected chi connectivity index (χ3v) is 7.99. The van der Waals surface area contributed by atoms with Crippen LogP contribution in [0.25, 0.3) is 21.7 Å². The minimum Gasteiger partial charge on any atom is -0.495 e. The molecule has 36 heavy (non-hydrogen) atoms. The summed E-state index contributed by atoms with van der Waals surface area (Å²) in [7, 11) is -2.76. The summed E-state index contributed by atoms with van der Waals surface area (Å²) in [4.78, 5) is 15.3. The molecule has 0 bridgehead atoms. The number of benzene rings is 3. The van der Waals surface area contributed by atoms with Gasteiger partial charge in [0, 0.05) is 5.56 Å². The van der Waals surface area contributed by atoms with Gasteiger partial charge in [-0.1, -0.05) is 36.4 Å². The Morgan fingerprint density at radius 2 is 1.56 bits per heavy atom. The maximum absolute atomic E-state index is 12.9. The lowest BCUT2D eigenvalue weighted by Gasteiger charge is -2.11. The number of carboxylic acids is 1. The highest BCUT2D eigenvalue weighted by atomic mass is 32.2. The van der Waals surface area contributed by atoms with Crippen molar-refractivity contribution in [3.05, 3.63) is 84.1 Å². The molecule has 0 aliphatic rings. The smallest absolute Gasteiger partial charge is 0.416 e. The molecule has 0 atom stereocenters. The number of thiazole rings is 1. The summed E-state index contributed by atoms with van der Waals surface area (Å²) >= 11 is 0.919. The molecular weight excluding hydrogens is 517 g/mol. The summed E-state index contributed by atoms with van der Waals surface area (Å²) in [5.41, 5.74) is 1.19. The van der Waals surface area contributed by atoms with Crippen molar-refractivity contribution in [3.63, 3.8) is 0 Å². The lowest BCUT2D eigenvalue weighted by Crippen LogP contribution is -2.12. The summed E-state index contributed by atoms with van der Waals surface area (Å²) in [6.07, 6.45) is -3.21. The third-order valence-electron chi connectivity index (χ3n) is 5.12. The monoisotopic (exact) mass is 534 g/mol. The number of hydrogen-bond acceptors (Lipinski definition) is 6. The molecule has 1 heterocycles. The number of methoxy groups -OCH3 is 1. The summed E-state index contributed by atoms with van der Waals surface area (Å²) in [5.74, 6) is -1.14. The number of alkyl halides is 3. The zero-order chi connectivity index (χ0) is 26.1. The number of anilines is 1. The predicted octanol–water partition coefficient (Wildman–Crippen LogP) is 6.00. The number of aromatic nitrogens is 1. The normalized spacial score (nSPS) is 11.8. The van der Waals surface area contributed by atoms with E-state index in [1.807, 2.05) is 0 Å². The third kappa shape index (κ3) is 5.34. The summed E-state index contributed by atoms with van der Waals surface area (Å²) in [6, 6.07) is 15.4. The quantitative estimate of drug-likeness (QED) is 0.301. The molecule has 0 spiro atoms. The molecule has 4 rings (SSSR count). The van der Waals surface area contributed by atoms with Crippen LogP contribution in [-0.4, -0.2) is 31.6 Å². The molecule has 0 fully saturated rings. The zero-order valence-electron chi connectivity index (χ0n) is 18.4. The number of rotatable bonds is 7. The van der Waals surface area contributed by atoms with E-state index in [0.29, 0.717) is 21.7 Å². The molecule has 0 saturated heterocycles. The Morgan fingerprint density at radius 1 is 0.972 bits per heavy atom. The van der Waals surface area contributed by atoms with Crippen molar-refractivity contribution in [1.29, 1.82) is 0 Å². The van der Waals surface area contributed by atoms with Crippen LogP contribution in [0.2, 0.25) is 0 Å². The van der Waals surface area contributed by atoms with Crippen molar-refractivity contribution in [2.24, 2.45) is 0 Å². The van der Waals surface area contributed by atoms with Gasteiger partial charge in [-0.05, 0) is 41.5 Å². The molecule has 0 radical (unpaired) electrons. The fraction of sp³-hybridized carbons (Fsp3) is 0.0833. The predicted molar refractivity (Wildman–Crippen MR) is 129 cm³/mol. The molecule has 0 aliphatic carbocycles. The average Bonchev–Trinajstić information content (AvgIpc) is 3.35. The van der Waals surface area contributed by atoms with Crippen molar-refractivity contribution in [2.75, 3.05) is 11.8 Å². The van der Waals surface area contributed by atoms with E-state index in [1.165, 1.54) is 43.6 Å². The molecule has 4 aromatic rings. The molecule has 0 saturated carbocycles. The first-order valence-electron chi connectivity index (χ1n) is 10.2. The first-order valence-corrected chi connectivity index (χ1v) is 12.5. The fourth-order valence-electron chi connectivity index (χ4n) is 3.28. The van der Waals surface area contributed by atoms with E-state index in [-0.39, 0.29) is 21.2 Å². The van der Waals surface area contributed by atoms with E-state index in [1.54, 1.807) is 24.3 Å². The topological polar surface area (TPSA) is 106 Å². The van der Waals surface area contributed by atoms with Crippen LogP contribution in [0.5, 0.6) is 5.75 Å². The van der Waals surface area contributed by atoms with Crippen molar-refractivity contribution < 1.29 is 36.2 Å². The Hall–Kier alpha value is -3.90. The number of carbonyl (C=O) groups is 1. The van der Waals surface area contributed by atoms with Crippen molar-refractivity contribution >= 4 is 33.0 Å². The van der Waals surface area contributed by atoms with Crippen LogP contribution in [0.1, 0.15) is 15.9 Å². The molecule has 0 amide bonds. The van der Waals surface area contributed by atoms with Gasteiger partial charge in [0.25, 0.3) is 10.0 Å². The van der Waals surface area contributed by atoms with Crippen LogP contribution in [0.3, 0.4) is 0 Å². The van der Waals surface area contributed by atoms with Crippen molar-refractivity contribution in [2.45, 2.75) is 10.4 Å². The molecule has 3 aromatic carbocycles. The Bertz CT molecular complexity index is 1510. The minimum absolute atomic E-state index is 0.0436. The average molecular weight is 535 g/mol. The Labute approximate surface area is 207 Å². The number of ether oxygens (including phenoxy) is 1. The first-order chi connectivity index (χ1) is 17.0. The summed E-state index contributed by atoms with van der Waals surface area (Å²) in [5, 5.41) is 9.52. The Balaban J connectivity index is 1.54. The number of aromatic carboxylic acids is 1. The molecule has 0 unspecified atom stereocenters. The highest BCUT2D eigenvalue weighted by molar-refractivity contribution is 7.94. The van der Waals surface area contributed by atoms with Gasteiger partial charge < -0.3 is 9.84 Å².